The van der Waals surface area contributed by atoms with E-state index in [1.165, 1.54) is 31.2 Å². The maximum absolute atomic E-state index is 14.2. The molecule has 4 N–H and O–H groups in total. The summed E-state index contributed by atoms with van der Waals surface area (Å²) in [4.78, 5) is 14.6. The molecule has 1 aromatic carbocycles. The maximum atomic E-state index is 14.2. The van der Waals surface area contributed by atoms with Crippen molar-refractivity contribution in [3.63, 3.8) is 0 Å². The molecule has 0 spiro atoms. The zero-order valence-corrected chi connectivity index (χ0v) is 13.0. The molecule has 2 aromatic rings. The second-order valence-corrected chi connectivity index (χ2v) is 5.02. The summed E-state index contributed by atoms with van der Waals surface area (Å²) in [6.45, 7) is 1.37. The minimum atomic E-state index is -1.14. The van der Waals surface area contributed by atoms with E-state index in [1.807, 2.05) is 0 Å². The van der Waals surface area contributed by atoms with Gasteiger partial charge in [0.1, 0.15) is 11.6 Å². The van der Waals surface area contributed by atoms with Crippen LogP contribution in [0.5, 0.6) is 0 Å². The number of pyridine rings is 1. The van der Waals surface area contributed by atoms with E-state index >= 15 is 0 Å². The number of nitrogens with zero attached hydrogens (tertiary/aromatic N) is 2. The number of benzene rings is 1. The third-order valence-corrected chi connectivity index (χ3v) is 3.24. The highest BCUT2D eigenvalue weighted by Gasteiger charge is 2.17. The van der Waals surface area contributed by atoms with Crippen LogP contribution in [0.25, 0.3) is 5.57 Å². The molecule has 0 unspecified atom stereocenters. The van der Waals surface area contributed by atoms with Gasteiger partial charge in [0.05, 0.1) is 22.8 Å². The van der Waals surface area contributed by atoms with Crippen LogP contribution in [0.3, 0.4) is 0 Å². The van der Waals surface area contributed by atoms with Gasteiger partial charge in [0.15, 0.2) is 5.88 Å². The molecule has 25 heavy (non-hydrogen) atoms. The minimum absolute atomic E-state index is 0.0318. The summed E-state index contributed by atoms with van der Waals surface area (Å²) in [5, 5.41) is 38.2. The van der Waals surface area contributed by atoms with Crippen LogP contribution in [0, 0.1) is 22.6 Å². The van der Waals surface area contributed by atoms with Crippen LogP contribution in [0.15, 0.2) is 42.4 Å². The van der Waals surface area contributed by atoms with E-state index in [0.717, 1.165) is 12.3 Å². The first kappa shape index (κ1) is 17.6. The van der Waals surface area contributed by atoms with Crippen molar-refractivity contribution in [2.75, 3.05) is 5.32 Å². The number of allylic oxidation sites excluding steroid dienone is 1. The normalized spacial score (nSPS) is 11.2. The molecule has 0 saturated carbocycles. The summed E-state index contributed by atoms with van der Waals surface area (Å²) in [6, 6.07) is 8.07. The van der Waals surface area contributed by atoms with E-state index < -0.39 is 17.7 Å². The van der Waals surface area contributed by atoms with Gasteiger partial charge in [-0.15, -0.1) is 0 Å². The number of halogens is 1. The highest BCUT2D eigenvalue weighted by molar-refractivity contribution is 6.22. The second kappa shape index (κ2) is 7.23. The standard InChI is InChI=1S/C17H13FN4O3/c1-9(20)15(12-4-2-10(7-19)6-13(12)18)16(23)22-14-5-3-11(8-21-14)17(24)25/h2-6,8,20,23H,1H3,(H,21,22)(H,24,25)/b16-15-,20-9?. The van der Waals surface area contributed by atoms with Gasteiger partial charge in [0.2, 0.25) is 0 Å². The number of rotatable bonds is 5. The Balaban J connectivity index is 2.42. The van der Waals surface area contributed by atoms with Crippen molar-refractivity contribution in [2.24, 2.45) is 0 Å². The average molecular weight is 340 g/mol. The van der Waals surface area contributed by atoms with Gasteiger partial charge in [0, 0.05) is 17.5 Å². The molecule has 126 valence electrons. The minimum Gasteiger partial charge on any atom is -0.494 e. The van der Waals surface area contributed by atoms with Crippen LogP contribution in [0.1, 0.15) is 28.4 Å². The molecule has 0 saturated heterocycles. The SMILES string of the molecule is CC(=N)/C(=C(/O)Nc1ccc(C(=O)O)cn1)c1ccc(C#N)cc1F. The lowest BCUT2D eigenvalue weighted by molar-refractivity contribution is 0.0696. The molecule has 0 aliphatic rings. The smallest absolute Gasteiger partial charge is 0.337 e. The topological polar surface area (TPSA) is 130 Å². The van der Waals surface area contributed by atoms with Crippen LogP contribution in [0.4, 0.5) is 10.2 Å². The lowest BCUT2D eigenvalue weighted by Crippen LogP contribution is -2.10. The molecule has 0 amide bonds. The zero-order chi connectivity index (χ0) is 18.6. The van der Waals surface area contributed by atoms with Crippen molar-refractivity contribution in [3.8, 4) is 6.07 Å². The van der Waals surface area contributed by atoms with Crippen molar-refractivity contribution in [3.05, 3.63) is 64.9 Å². The number of anilines is 1. The van der Waals surface area contributed by atoms with Gasteiger partial charge in [0.25, 0.3) is 0 Å². The molecule has 0 radical (unpaired) electrons. The van der Waals surface area contributed by atoms with Gasteiger partial charge < -0.3 is 20.9 Å². The molecule has 0 aliphatic carbocycles. The number of carboxylic acid groups (broad SMARTS) is 1. The van der Waals surface area contributed by atoms with E-state index in [4.69, 9.17) is 15.8 Å². The molecule has 8 heteroatoms. The number of hydrogen-bond donors (Lipinski definition) is 4. The molecule has 0 bridgehead atoms. The Bertz CT molecular complexity index is 914. The van der Waals surface area contributed by atoms with Gasteiger partial charge in [-0.1, -0.05) is 0 Å². The van der Waals surface area contributed by atoms with E-state index in [-0.39, 0.29) is 33.8 Å². The summed E-state index contributed by atoms with van der Waals surface area (Å²) < 4.78 is 14.2. The van der Waals surface area contributed by atoms with Crippen molar-refractivity contribution >= 4 is 23.1 Å². The Morgan fingerprint density at radius 3 is 2.52 bits per heavy atom. The Morgan fingerprint density at radius 1 is 1.32 bits per heavy atom. The molecular weight excluding hydrogens is 327 g/mol. The molecule has 2 rings (SSSR count). The highest BCUT2D eigenvalue weighted by atomic mass is 19.1. The third-order valence-electron chi connectivity index (χ3n) is 3.24. The van der Waals surface area contributed by atoms with Gasteiger partial charge >= 0.3 is 5.97 Å². The third kappa shape index (κ3) is 3.97. The van der Waals surface area contributed by atoms with Crippen molar-refractivity contribution in [2.45, 2.75) is 6.92 Å². The Hall–Kier alpha value is -3.73. The predicted octanol–water partition coefficient (Wildman–Crippen LogP) is 3.17. The molecule has 0 atom stereocenters. The lowest BCUT2D eigenvalue weighted by atomic mass is 10.00. The fraction of sp³-hybridized carbons (Fsp3) is 0.0588. The summed E-state index contributed by atoms with van der Waals surface area (Å²) in [6.07, 6.45) is 1.09. The molecule has 7 nitrogen and oxygen atoms in total. The van der Waals surface area contributed by atoms with Crippen LogP contribution in [-0.2, 0) is 0 Å². The van der Waals surface area contributed by atoms with E-state index in [1.54, 1.807) is 6.07 Å². The Morgan fingerprint density at radius 2 is 2.04 bits per heavy atom. The number of nitriles is 1. The first-order chi connectivity index (χ1) is 11.8. The van der Waals surface area contributed by atoms with E-state index in [0.29, 0.717) is 0 Å². The Labute approximate surface area is 142 Å². The quantitative estimate of drug-likeness (QED) is 0.488. The number of nitrogens with one attached hydrogen (secondary N) is 2. The van der Waals surface area contributed by atoms with Crippen LogP contribution >= 0.6 is 0 Å². The van der Waals surface area contributed by atoms with Crippen molar-refractivity contribution < 1.29 is 19.4 Å². The number of aromatic nitrogens is 1. The number of carboxylic acids is 1. The summed E-state index contributed by atoms with van der Waals surface area (Å²) in [5.74, 6) is -2.31. The molecule has 0 aliphatic heterocycles. The summed E-state index contributed by atoms with van der Waals surface area (Å²) in [7, 11) is 0. The summed E-state index contributed by atoms with van der Waals surface area (Å²) in [5.41, 5.74) is -0.197. The van der Waals surface area contributed by atoms with Crippen LogP contribution < -0.4 is 5.32 Å². The van der Waals surface area contributed by atoms with Gasteiger partial charge in [-0.3, -0.25) is 0 Å². The van der Waals surface area contributed by atoms with Crippen molar-refractivity contribution in [1.29, 1.82) is 10.7 Å². The second-order valence-electron chi connectivity index (χ2n) is 5.02. The lowest BCUT2D eigenvalue weighted by Gasteiger charge is -2.12. The number of aliphatic hydroxyl groups excluding tert-OH is 1. The first-order valence-electron chi connectivity index (χ1n) is 6.98. The van der Waals surface area contributed by atoms with Gasteiger partial charge in [-0.25, -0.2) is 14.2 Å². The molecular formula is C17H13FN4O3. The fourth-order valence-electron chi connectivity index (χ4n) is 2.07. The molecule has 1 heterocycles. The molecule has 1 aromatic heterocycles. The van der Waals surface area contributed by atoms with Crippen LogP contribution in [0.2, 0.25) is 0 Å². The average Bonchev–Trinajstić information content (AvgIpc) is 2.56. The zero-order valence-electron chi connectivity index (χ0n) is 13.0. The highest BCUT2D eigenvalue weighted by Crippen LogP contribution is 2.24. The van der Waals surface area contributed by atoms with Crippen LogP contribution in [-0.4, -0.2) is 26.9 Å². The number of carbonyl (C=O) groups is 1. The number of aromatic carboxylic acids is 1. The van der Waals surface area contributed by atoms with Gasteiger partial charge in [-0.2, -0.15) is 5.26 Å². The number of aliphatic hydroxyl groups is 1. The van der Waals surface area contributed by atoms with E-state index in [9.17, 15) is 14.3 Å². The fourth-order valence-corrected chi connectivity index (χ4v) is 2.07. The van der Waals surface area contributed by atoms with Crippen molar-refractivity contribution in [1.82, 2.24) is 4.98 Å². The Kier molecular flexibility index (Phi) is 5.09. The predicted molar refractivity (Wildman–Crippen MR) is 88.9 cm³/mol. The largest absolute Gasteiger partial charge is 0.494 e. The monoisotopic (exact) mass is 340 g/mol. The first-order valence-corrected chi connectivity index (χ1v) is 6.98. The number of hydrogen-bond acceptors (Lipinski definition) is 6. The maximum Gasteiger partial charge on any atom is 0.337 e. The molecule has 0 fully saturated rings. The van der Waals surface area contributed by atoms with E-state index in [2.05, 4.69) is 10.3 Å². The summed E-state index contributed by atoms with van der Waals surface area (Å²) >= 11 is 0. The van der Waals surface area contributed by atoms with Gasteiger partial charge in [-0.05, 0) is 37.3 Å².